The highest BCUT2D eigenvalue weighted by atomic mass is 16.5. The molecule has 0 bridgehead atoms. The Labute approximate surface area is 103 Å². The third-order valence-corrected chi connectivity index (χ3v) is 2.58. The van der Waals surface area contributed by atoms with Gasteiger partial charge in [-0.2, -0.15) is 4.98 Å². The van der Waals surface area contributed by atoms with Crippen molar-refractivity contribution in [1.82, 2.24) is 10.1 Å². The van der Waals surface area contributed by atoms with Gasteiger partial charge in [-0.3, -0.25) is 0 Å². The van der Waals surface area contributed by atoms with E-state index in [-0.39, 0.29) is 17.8 Å². The fourth-order valence-electron chi connectivity index (χ4n) is 1.80. The van der Waals surface area contributed by atoms with E-state index >= 15 is 0 Å². The maximum absolute atomic E-state index is 10.7. The second-order valence-corrected chi connectivity index (χ2v) is 3.95. The predicted octanol–water partition coefficient (Wildman–Crippen LogP) is 2.15. The van der Waals surface area contributed by atoms with Crippen molar-refractivity contribution >= 4 is 12.0 Å². The summed E-state index contributed by atoms with van der Waals surface area (Å²) >= 11 is 0. The van der Waals surface area contributed by atoms with E-state index < -0.39 is 5.97 Å². The molecule has 2 aromatic heterocycles. The van der Waals surface area contributed by atoms with Crippen LogP contribution in [0.25, 0.3) is 0 Å². The van der Waals surface area contributed by atoms with E-state index in [1.54, 1.807) is 0 Å². The van der Waals surface area contributed by atoms with E-state index in [9.17, 15) is 4.79 Å². The van der Waals surface area contributed by atoms with E-state index in [1.807, 2.05) is 20.8 Å². The zero-order valence-electron chi connectivity index (χ0n) is 10.2. The Morgan fingerprint density at radius 2 is 2.22 bits per heavy atom. The molecule has 0 aliphatic carbocycles. The summed E-state index contributed by atoms with van der Waals surface area (Å²) in [6.07, 6.45) is 1.09. The lowest BCUT2D eigenvalue weighted by Crippen LogP contribution is -2.09. The fraction of sp³-hybridized carbons (Fsp3) is 0.364. The van der Waals surface area contributed by atoms with Gasteiger partial charge < -0.3 is 19.4 Å². The number of nitrogens with zero attached hydrogens (tertiary/aromatic N) is 2. The molecule has 18 heavy (non-hydrogen) atoms. The first-order valence-corrected chi connectivity index (χ1v) is 5.37. The normalized spacial score (nSPS) is 12.4. The third kappa shape index (κ3) is 2.20. The highest BCUT2D eigenvalue weighted by molar-refractivity contribution is 5.85. The number of hydrogen-bond donors (Lipinski definition) is 2. The first kappa shape index (κ1) is 12.2. The number of aryl methyl sites for hydroxylation is 2. The van der Waals surface area contributed by atoms with Crippen molar-refractivity contribution in [3.05, 3.63) is 29.0 Å². The number of hydrogen-bond acceptors (Lipinski definition) is 6. The molecule has 0 amide bonds. The van der Waals surface area contributed by atoms with E-state index in [0.717, 1.165) is 17.5 Å². The minimum Gasteiger partial charge on any atom is -0.476 e. The van der Waals surface area contributed by atoms with Gasteiger partial charge in [-0.15, -0.1) is 0 Å². The third-order valence-electron chi connectivity index (χ3n) is 2.58. The molecule has 0 spiro atoms. The van der Waals surface area contributed by atoms with Crippen molar-refractivity contribution in [1.29, 1.82) is 0 Å². The van der Waals surface area contributed by atoms with Gasteiger partial charge >= 0.3 is 5.97 Å². The summed E-state index contributed by atoms with van der Waals surface area (Å²) in [6, 6.07) is 0.0106. The van der Waals surface area contributed by atoms with Crippen LogP contribution in [0.1, 0.15) is 40.5 Å². The van der Waals surface area contributed by atoms with Gasteiger partial charge in [0.2, 0.25) is 0 Å². The molecule has 7 heteroatoms. The summed E-state index contributed by atoms with van der Waals surface area (Å²) in [7, 11) is 0. The van der Waals surface area contributed by atoms with Crippen LogP contribution in [0.2, 0.25) is 0 Å². The lowest BCUT2D eigenvalue weighted by Gasteiger charge is -2.11. The van der Waals surface area contributed by atoms with Crippen LogP contribution in [0.5, 0.6) is 0 Å². The number of anilines is 1. The van der Waals surface area contributed by atoms with Crippen LogP contribution in [-0.2, 0) is 0 Å². The van der Waals surface area contributed by atoms with Gasteiger partial charge in [-0.05, 0) is 20.8 Å². The van der Waals surface area contributed by atoms with Crippen LogP contribution in [-0.4, -0.2) is 21.2 Å². The highest BCUT2D eigenvalue weighted by Crippen LogP contribution is 2.24. The second kappa shape index (κ2) is 4.52. The molecular formula is C11H13N3O4. The molecule has 0 aliphatic rings. The molecule has 7 nitrogen and oxygen atoms in total. The van der Waals surface area contributed by atoms with Crippen molar-refractivity contribution in [2.45, 2.75) is 26.8 Å². The Bertz CT molecular complexity index is 553. The molecule has 2 aromatic rings. The van der Waals surface area contributed by atoms with E-state index in [0.29, 0.717) is 5.76 Å². The summed E-state index contributed by atoms with van der Waals surface area (Å²) in [5.41, 5.74) is 1.55. The average molecular weight is 251 g/mol. The number of oxazole rings is 1. The van der Waals surface area contributed by atoms with Crippen LogP contribution in [0, 0.1) is 13.8 Å². The van der Waals surface area contributed by atoms with Crippen molar-refractivity contribution in [2.75, 3.05) is 5.32 Å². The van der Waals surface area contributed by atoms with Crippen LogP contribution >= 0.6 is 0 Å². The van der Waals surface area contributed by atoms with Crippen LogP contribution < -0.4 is 5.32 Å². The van der Waals surface area contributed by atoms with E-state index in [1.165, 1.54) is 0 Å². The fourth-order valence-corrected chi connectivity index (χ4v) is 1.80. The summed E-state index contributed by atoms with van der Waals surface area (Å²) < 4.78 is 10.1. The van der Waals surface area contributed by atoms with Gasteiger partial charge in [0.25, 0.3) is 6.01 Å². The first-order valence-electron chi connectivity index (χ1n) is 5.37. The quantitative estimate of drug-likeness (QED) is 0.858. The van der Waals surface area contributed by atoms with Gasteiger partial charge in [0.1, 0.15) is 12.0 Å². The zero-order valence-corrected chi connectivity index (χ0v) is 10.2. The molecule has 2 rings (SSSR count). The summed E-state index contributed by atoms with van der Waals surface area (Å²) in [6.45, 7) is 5.53. The Morgan fingerprint density at radius 1 is 1.50 bits per heavy atom. The lowest BCUT2D eigenvalue weighted by atomic mass is 10.1. The monoisotopic (exact) mass is 251 g/mol. The molecular weight excluding hydrogens is 238 g/mol. The molecule has 0 radical (unpaired) electrons. The van der Waals surface area contributed by atoms with Crippen LogP contribution in [0.3, 0.4) is 0 Å². The number of aromatic carboxylic acids is 1. The minimum absolute atomic E-state index is 0.136. The molecule has 1 atom stereocenters. The SMILES string of the molecule is Cc1noc(C)c1C(C)Nc1nc(C(=O)O)co1. The Kier molecular flexibility index (Phi) is 3.05. The molecule has 2 N–H and O–H groups in total. The maximum atomic E-state index is 10.7. The van der Waals surface area contributed by atoms with Crippen molar-refractivity contribution in [3.8, 4) is 0 Å². The molecule has 96 valence electrons. The van der Waals surface area contributed by atoms with Gasteiger partial charge in [0, 0.05) is 5.56 Å². The number of carboxylic acids is 1. The van der Waals surface area contributed by atoms with Crippen molar-refractivity contribution in [2.24, 2.45) is 0 Å². The predicted molar refractivity (Wildman–Crippen MR) is 61.5 cm³/mol. The number of nitrogens with one attached hydrogen (secondary N) is 1. The Morgan fingerprint density at radius 3 is 2.72 bits per heavy atom. The average Bonchev–Trinajstić information content (AvgIpc) is 2.86. The van der Waals surface area contributed by atoms with Gasteiger partial charge in [-0.1, -0.05) is 5.16 Å². The number of rotatable bonds is 4. The zero-order chi connectivity index (χ0) is 13.3. The lowest BCUT2D eigenvalue weighted by molar-refractivity contribution is 0.0690. The molecule has 1 unspecified atom stereocenters. The minimum atomic E-state index is -1.13. The topological polar surface area (TPSA) is 101 Å². The largest absolute Gasteiger partial charge is 0.476 e. The van der Waals surface area contributed by atoms with E-state index in [2.05, 4.69) is 15.5 Å². The molecule has 0 saturated carbocycles. The van der Waals surface area contributed by atoms with Crippen LogP contribution in [0.4, 0.5) is 6.01 Å². The molecule has 0 aliphatic heterocycles. The standard InChI is InChI=1S/C11H13N3O4/c1-5(9-6(2)14-18-7(9)3)12-11-13-8(4-17-11)10(15)16/h4-5H,1-3H3,(H,12,13)(H,15,16). The second-order valence-electron chi connectivity index (χ2n) is 3.95. The van der Waals surface area contributed by atoms with Crippen LogP contribution in [0.15, 0.2) is 15.2 Å². The number of aromatic nitrogens is 2. The molecule has 0 fully saturated rings. The number of carbonyl (C=O) groups is 1. The smallest absolute Gasteiger partial charge is 0.357 e. The summed E-state index contributed by atoms with van der Waals surface area (Å²) in [5.74, 6) is -0.422. The van der Waals surface area contributed by atoms with Gasteiger partial charge in [0.15, 0.2) is 5.69 Å². The van der Waals surface area contributed by atoms with Gasteiger partial charge in [-0.25, -0.2) is 4.79 Å². The Balaban J connectivity index is 2.16. The first-order chi connectivity index (χ1) is 8.49. The van der Waals surface area contributed by atoms with Crippen molar-refractivity contribution in [3.63, 3.8) is 0 Å². The van der Waals surface area contributed by atoms with E-state index in [4.69, 9.17) is 14.0 Å². The number of carboxylic acid groups (broad SMARTS) is 1. The van der Waals surface area contributed by atoms with Crippen molar-refractivity contribution < 1.29 is 18.8 Å². The summed E-state index contributed by atoms with van der Waals surface area (Å²) in [4.78, 5) is 14.5. The molecule has 0 saturated heterocycles. The maximum Gasteiger partial charge on any atom is 0.357 e. The molecule has 2 heterocycles. The Hall–Kier alpha value is -2.31. The molecule has 0 aromatic carbocycles. The highest BCUT2D eigenvalue weighted by Gasteiger charge is 2.18. The van der Waals surface area contributed by atoms with Gasteiger partial charge in [0.05, 0.1) is 11.7 Å². The summed E-state index contributed by atoms with van der Waals surface area (Å²) in [5, 5.41) is 15.5.